The van der Waals surface area contributed by atoms with E-state index in [2.05, 4.69) is 0 Å². The molecular formula is C29H30N2O4. The minimum atomic E-state index is -1.13. The van der Waals surface area contributed by atoms with Gasteiger partial charge in [0.2, 0.25) is 0 Å². The standard InChI is InChI=1S/C29H30N2O4/c1-19(2)17-31-27(30(4)29(33)34)26(22-12-10-20(3)11-13-22)25-16-23(14-15-24(25)28(31)32)35-18-21-8-6-5-7-9-21/h5-16,19H,17-18H2,1-4H3,(H,33,34). The molecule has 6 nitrogen and oxygen atoms in total. The summed E-state index contributed by atoms with van der Waals surface area (Å²) >= 11 is 0. The molecule has 0 aliphatic carbocycles. The van der Waals surface area contributed by atoms with E-state index in [1.165, 1.54) is 7.05 Å². The van der Waals surface area contributed by atoms with Gasteiger partial charge < -0.3 is 9.84 Å². The number of hydrogen-bond donors (Lipinski definition) is 1. The van der Waals surface area contributed by atoms with E-state index in [1.807, 2.05) is 81.4 Å². The van der Waals surface area contributed by atoms with Gasteiger partial charge in [0.25, 0.3) is 5.56 Å². The number of fused-ring (bicyclic) bond motifs is 1. The molecule has 1 N–H and O–H groups in total. The maximum atomic E-state index is 13.6. The highest BCUT2D eigenvalue weighted by Gasteiger charge is 2.25. The van der Waals surface area contributed by atoms with Crippen LogP contribution in [0.25, 0.3) is 21.9 Å². The Morgan fingerprint density at radius 1 is 1.00 bits per heavy atom. The summed E-state index contributed by atoms with van der Waals surface area (Å²) in [5.74, 6) is 1.11. The highest BCUT2D eigenvalue weighted by atomic mass is 16.5. The van der Waals surface area contributed by atoms with Gasteiger partial charge in [-0.3, -0.25) is 14.3 Å². The molecule has 0 saturated carbocycles. The van der Waals surface area contributed by atoms with Crippen LogP contribution < -0.4 is 15.2 Å². The van der Waals surface area contributed by atoms with Gasteiger partial charge >= 0.3 is 6.09 Å². The molecule has 0 radical (unpaired) electrons. The molecule has 0 saturated heterocycles. The Hall–Kier alpha value is -4.06. The molecule has 0 unspecified atom stereocenters. The molecule has 0 atom stereocenters. The largest absolute Gasteiger partial charge is 0.489 e. The first-order chi connectivity index (χ1) is 16.8. The minimum Gasteiger partial charge on any atom is -0.489 e. The zero-order valence-electron chi connectivity index (χ0n) is 20.5. The molecule has 6 heteroatoms. The predicted molar refractivity (Wildman–Crippen MR) is 140 cm³/mol. The van der Waals surface area contributed by atoms with Gasteiger partial charge in [-0.15, -0.1) is 0 Å². The highest BCUT2D eigenvalue weighted by molar-refractivity contribution is 6.05. The maximum Gasteiger partial charge on any atom is 0.412 e. The summed E-state index contributed by atoms with van der Waals surface area (Å²) in [5, 5.41) is 11.1. The van der Waals surface area contributed by atoms with Gasteiger partial charge in [0.05, 0.1) is 0 Å². The first-order valence-electron chi connectivity index (χ1n) is 11.7. The number of aromatic nitrogens is 1. The summed E-state index contributed by atoms with van der Waals surface area (Å²) in [6.45, 7) is 6.80. The predicted octanol–water partition coefficient (Wildman–Crippen LogP) is 6.33. The molecule has 180 valence electrons. The van der Waals surface area contributed by atoms with Gasteiger partial charge in [0.1, 0.15) is 18.2 Å². The van der Waals surface area contributed by atoms with E-state index >= 15 is 0 Å². The third-order valence-corrected chi connectivity index (χ3v) is 5.96. The number of carbonyl (C=O) groups is 1. The molecule has 1 amide bonds. The fourth-order valence-corrected chi connectivity index (χ4v) is 4.22. The van der Waals surface area contributed by atoms with Crippen LogP contribution in [0, 0.1) is 12.8 Å². The quantitative estimate of drug-likeness (QED) is 0.343. The number of anilines is 1. The number of pyridine rings is 1. The number of ether oxygens (including phenoxy) is 1. The van der Waals surface area contributed by atoms with Crippen molar-refractivity contribution in [2.45, 2.75) is 33.9 Å². The van der Waals surface area contributed by atoms with Gasteiger partial charge in [-0.25, -0.2) is 4.79 Å². The average molecular weight is 471 g/mol. The number of nitrogens with zero attached hydrogens (tertiary/aromatic N) is 2. The molecule has 4 rings (SSSR count). The fourth-order valence-electron chi connectivity index (χ4n) is 4.22. The van der Waals surface area contributed by atoms with E-state index in [0.29, 0.717) is 41.1 Å². The van der Waals surface area contributed by atoms with Crippen molar-refractivity contribution < 1.29 is 14.6 Å². The average Bonchev–Trinajstić information content (AvgIpc) is 2.84. The molecule has 0 bridgehead atoms. The molecule has 0 spiro atoms. The van der Waals surface area contributed by atoms with Gasteiger partial charge in [-0.05, 0) is 42.2 Å². The van der Waals surface area contributed by atoms with E-state index in [4.69, 9.17) is 4.74 Å². The topological polar surface area (TPSA) is 71.8 Å². The van der Waals surface area contributed by atoms with Crippen LogP contribution in [-0.2, 0) is 13.2 Å². The van der Waals surface area contributed by atoms with Gasteiger partial charge in [-0.1, -0.05) is 74.0 Å². The Bertz CT molecular complexity index is 1410. The second kappa shape index (κ2) is 10.1. The molecule has 0 fully saturated rings. The summed E-state index contributed by atoms with van der Waals surface area (Å²) < 4.78 is 7.64. The number of amides is 1. The Balaban J connectivity index is 1.99. The third kappa shape index (κ3) is 5.06. The van der Waals surface area contributed by atoms with Crippen LogP contribution in [0.4, 0.5) is 10.6 Å². The first kappa shape index (κ1) is 24.1. The van der Waals surface area contributed by atoms with Crippen molar-refractivity contribution in [1.29, 1.82) is 0 Å². The minimum absolute atomic E-state index is 0.144. The van der Waals surface area contributed by atoms with Crippen molar-refractivity contribution in [3.05, 3.63) is 94.3 Å². The van der Waals surface area contributed by atoms with Crippen molar-refractivity contribution in [2.24, 2.45) is 5.92 Å². The van der Waals surface area contributed by atoms with Crippen LogP contribution >= 0.6 is 0 Å². The lowest BCUT2D eigenvalue weighted by atomic mass is 9.97. The molecule has 0 aliphatic heterocycles. The van der Waals surface area contributed by atoms with Crippen LogP contribution in [-0.4, -0.2) is 22.8 Å². The SMILES string of the molecule is Cc1ccc(-c2c(N(C)C(=O)O)n(CC(C)C)c(=O)c3ccc(OCc4ccccc4)cc23)cc1. The molecule has 1 aromatic heterocycles. The summed E-state index contributed by atoms with van der Waals surface area (Å²) in [5.41, 5.74) is 3.43. The second-order valence-corrected chi connectivity index (χ2v) is 9.20. The Labute approximate surface area is 205 Å². The van der Waals surface area contributed by atoms with Crippen molar-refractivity contribution in [3.8, 4) is 16.9 Å². The van der Waals surface area contributed by atoms with E-state index in [-0.39, 0.29) is 11.5 Å². The van der Waals surface area contributed by atoms with Crippen molar-refractivity contribution >= 4 is 22.7 Å². The van der Waals surface area contributed by atoms with Crippen molar-refractivity contribution in [1.82, 2.24) is 4.57 Å². The van der Waals surface area contributed by atoms with Crippen LogP contribution in [0.5, 0.6) is 5.75 Å². The smallest absolute Gasteiger partial charge is 0.412 e. The molecule has 3 aromatic carbocycles. The molecule has 1 heterocycles. The van der Waals surface area contributed by atoms with Crippen LogP contribution in [0.2, 0.25) is 0 Å². The highest BCUT2D eigenvalue weighted by Crippen LogP contribution is 2.38. The monoisotopic (exact) mass is 470 g/mol. The van der Waals surface area contributed by atoms with Gasteiger partial charge in [0.15, 0.2) is 0 Å². The Morgan fingerprint density at radius 3 is 2.31 bits per heavy atom. The second-order valence-electron chi connectivity index (χ2n) is 9.20. The van der Waals surface area contributed by atoms with Crippen molar-refractivity contribution in [2.75, 3.05) is 11.9 Å². The summed E-state index contributed by atoms with van der Waals surface area (Å²) in [7, 11) is 1.48. The zero-order chi connectivity index (χ0) is 25.1. The Kier molecular flexibility index (Phi) is 6.92. The van der Waals surface area contributed by atoms with E-state index in [1.54, 1.807) is 16.7 Å². The van der Waals surface area contributed by atoms with E-state index < -0.39 is 6.09 Å². The molecular weight excluding hydrogens is 440 g/mol. The summed E-state index contributed by atoms with van der Waals surface area (Å²) in [4.78, 5) is 26.9. The zero-order valence-corrected chi connectivity index (χ0v) is 20.5. The summed E-state index contributed by atoms with van der Waals surface area (Å²) in [6.07, 6.45) is -1.13. The number of aryl methyl sites for hydroxylation is 1. The summed E-state index contributed by atoms with van der Waals surface area (Å²) in [6, 6.07) is 23.2. The lowest BCUT2D eigenvalue weighted by Crippen LogP contribution is -2.34. The maximum absolute atomic E-state index is 13.6. The number of carboxylic acid groups (broad SMARTS) is 1. The molecule has 0 aliphatic rings. The fraction of sp³-hybridized carbons (Fsp3) is 0.241. The lowest BCUT2D eigenvalue weighted by molar-refractivity contribution is 0.203. The van der Waals surface area contributed by atoms with Gasteiger partial charge in [0, 0.05) is 29.9 Å². The number of hydrogen-bond acceptors (Lipinski definition) is 3. The number of benzene rings is 3. The Morgan fingerprint density at radius 2 is 1.69 bits per heavy atom. The van der Waals surface area contributed by atoms with E-state index in [0.717, 1.165) is 21.6 Å². The molecule has 35 heavy (non-hydrogen) atoms. The normalized spacial score (nSPS) is 11.1. The van der Waals surface area contributed by atoms with Crippen molar-refractivity contribution in [3.63, 3.8) is 0 Å². The van der Waals surface area contributed by atoms with Crippen LogP contribution in [0.3, 0.4) is 0 Å². The van der Waals surface area contributed by atoms with Crippen LogP contribution in [0.15, 0.2) is 77.6 Å². The van der Waals surface area contributed by atoms with E-state index in [9.17, 15) is 14.7 Å². The van der Waals surface area contributed by atoms with Gasteiger partial charge in [-0.2, -0.15) is 0 Å². The number of rotatable bonds is 7. The lowest BCUT2D eigenvalue weighted by Gasteiger charge is -2.26. The first-order valence-corrected chi connectivity index (χ1v) is 11.7. The molecule has 4 aromatic rings. The third-order valence-electron chi connectivity index (χ3n) is 5.96. The van der Waals surface area contributed by atoms with Crippen LogP contribution in [0.1, 0.15) is 25.0 Å².